The molecule has 1 saturated carbocycles. The van der Waals surface area contributed by atoms with Crippen LogP contribution >= 0.6 is 12.4 Å². The molecule has 1 aliphatic rings. The predicted octanol–water partition coefficient (Wildman–Crippen LogP) is 3.95. The van der Waals surface area contributed by atoms with Gasteiger partial charge in [-0.3, -0.25) is 0 Å². The Bertz CT molecular complexity index is 434. The summed E-state index contributed by atoms with van der Waals surface area (Å²) in [5.41, 5.74) is 5.87. The van der Waals surface area contributed by atoms with Crippen LogP contribution in [-0.4, -0.2) is 6.36 Å². The van der Waals surface area contributed by atoms with E-state index < -0.39 is 24.0 Å². The summed E-state index contributed by atoms with van der Waals surface area (Å²) in [6, 6.07) is 2.32. The van der Waals surface area contributed by atoms with Gasteiger partial charge in [-0.1, -0.05) is 12.8 Å². The highest BCUT2D eigenvalue weighted by molar-refractivity contribution is 5.85. The molecule has 1 aliphatic carbocycles. The van der Waals surface area contributed by atoms with Gasteiger partial charge < -0.3 is 10.5 Å². The molecule has 19 heavy (non-hydrogen) atoms. The first-order chi connectivity index (χ1) is 8.35. The fourth-order valence-electron chi connectivity index (χ4n) is 1.84. The van der Waals surface area contributed by atoms with Gasteiger partial charge in [-0.25, -0.2) is 4.39 Å². The lowest BCUT2D eigenvalue weighted by atomic mass is 10.0. The fraction of sp³-hybridized carbons (Fsp3) is 0.500. The Morgan fingerprint density at radius 3 is 2.47 bits per heavy atom. The number of rotatable bonds is 4. The van der Waals surface area contributed by atoms with Crippen LogP contribution in [-0.2, 0) is 0 Å². The Labute approximate surface area is 114 Å². The van der Waals surface area contributed by atoms with Crippen LogP contribution in [0.2, 0.25) is 0 Å². The minimum atomic E-state index is -4.78. The van der Waals surface area contributed by atoms with Crippen LogP contribution in [0.4, 0.5) is 17.6 Å². The van der Waals surface area contributed by atoms with Gasteiger partial charge in [0, 0.05) is 11.6 Å². The van der Waals surface area contributed by atoms with Crippen LogP contribution in [0.1, 0.15) is 30.9 Å². The van der Waals surface area contributed by atoms with Crippen molar-refractivity contribution < 1.29 is 22.3 Å². The lowest BCUT2D eigenvalue weighted by Crippen LogP contribution is -2.18. The molecule has 0 bridgehead atoms. The van der Waals surface area contributed by atoms with E-state index in [4.69, 9.17) is 5.73 Å². The van der Waals surface area contributed by atoms with Crippen LogP contribution in [0, 0.1) is 11.7 Å². The van der Waals surface area contributed by atoms with Crippen molar-refractivity contribution in [1.29, 1.82) is 0 Å². The smallest absolute Gasteiger partial charge is 0.406 e. The van der Waals surface area contributed by atoms with Gasteiger partial charge in [-0.15, -0.1) is 25.6 Å². The van der Waals surface area contributed by atoms with Crippen molar-refractivity contribution in [2.45, 2.75) is 31.7 Å². The molecule has 0 heterocycles. The molecule has 1 fully saturated rings. The molecule has 1 aromatic rings. The van der Waals surface area contributed by atoms with Gasteiger partial charge in [-0.2, -0.15) is 0 Å². The highest BCUT2D eigenvalue weighted by Gasteiger charge is 2.32. The normalized spacial score (nSPS) is 16.7. The summed E-state index contributed by atoms with van der Waals surface area (Å²) in [6.45, 7) is 0. The molecule has 1 atom stereocenters. The van der Waals surface area contributed by atoms with Crippen LogP contribution in [0.5, 0.6) is 5.75 Å². The van der Waals surface area contributed by atoms with E-state index in [1.54, 1.807) is 0 Å². The third-order valence-electron chi connectivity index (χ3n) is 2.88. The lowest BCUT2D eigenvalue weighted by molar-refractivity contribution is -0.274. The topological polar surface area (TPSA) is 35.2 Å². The van der Waals surface area contributed by atoms with E-state index in [2.05, 4.69) is 4.74 Å². The molecule has 1 aromatic carbocycles. The Morgan fingerprint density at radius 1 is 1.32 bits per heavy atom. The number of benzene rings is 1. The Morgan fingerprint density at radius 2 is 1.95 bits per heavy atom. The average molecular weight is 300 g/mol. The Kier molecular flexibility index (Phi) is 5.04. The van der Waals surface area contributed by atoms with Crippen LogP contribution < -0.4 is 10.5 Å². The van der Waals surface area contributed by atoms with E-state index in [0.29, 0.717) is 12.3 Å². The van der Waals surface area contributed by atoms with Crippen molar-refractivity contribution in [1.82, 2.24) is 0 Å². The Balaban J connectivity index is 0.00000180. The molecule has 7 heteroatoms. The molecule has 2 rings (SSSR count). The van der Waals surface area contributed by atoms with Crippen molar-refractivity contribution in [3.63, 3.8) is 0 Å². The highest BCUT2D eigenvalue weighted by atomic mass is 35.5. The summed E-state index contributed by atoms with van der Waals surface area (Å²) in [7, 11) is 0. The zero-order valence-corrected chi connectivity index (χ0v) is 10.7. The lowest BCUT2D eigenvalue weighted by Gasteiger charge is -2.15. The molecule has 2 nitrogen and oxygen atoms in total. The molecule has 0 amide bonds. The summed E-state index contributed by atoms with van der Waals surface area (Å²) in [6.07, 6.45) is -2.09. The quantitative estimate of drug-likeness (QED) is 0.855. The molecule has 108 valence electrons. The second-order valence-corrected chi connectivity index (χ2v) is 4.52. The number of ether oxygens (including phenoxy) is 1. The van der Waals surface area contributed by atoms with E-state index in [1.807, 2.05) is 0 Å². The summed E-state index contributed by atoms with van der Waals surface area (Å²) >= 11 is 0. The van der Waals surface area contributed by atoms with Crippen molar-refractivity contribution in [2.75, 3.05) is 0 Å². The van der Waals surface area contributed by atoms with Crippen LogP contribution in [0.25, 0.3) is 0 Å². The minimum Gasteiger partial charge on any atom is -0.406 e. The second-order valence-electron chi connectivity index (χ2n) is 4.52. The maximum absolute atomic E-state index is 13.5. The molecular weight excluding hydrogens is 286 g/mol. The summed E-state index contributed by atoms with van der Waals surface area (Å²) in [5.74, 6) is -0.575. The SMILES string of the molecule is Cl.N[C@@H](CC1CC1)c1cc(OC(F)(F)F)ccc1F. The molecule has 0 aliphatic heterocycles. The molecule has 0 radical (unpaired) electrons. The largest absolute Gasteiger partial charge is 0.573 e. The third-order valence-corrected chi connectivity index (χ3v) is 2.88. The monoisotopic (exact) mass is 299 g/mol. The van der Waals surface area contributed by atoms with Crippen LogP contribution in [0.3, 0.4) is 0 Å². The molecule has 2 N–H and O–H groups in total. The minimum absolute atomic E-state index is 0. The van der Waals surface area contributed by atoms with Gasteiger partial charge in [0.1, 0.15) is 11.6 Å². The average Bonchev–Trinajstić information content (AvgIpc) is 3.02. The third kappa shape index (κ3) is 4.87. The first kappa shape index (κ1) is 16.0. The van der Waals surface area contributed by atoms with Gasteiger partial charge >= 0.3 is 6.36 Å². The maximum atomic E-state index is 13.5. The molecule has 0 saturated heterocycles. The van der Waals surface area contributed by atoms with E-state index in [1.165, 1.54) is 0 Å². The van der Waals surface area contributed by atoms with Gasteiger partial charge in [0.15, 0.2) is 0 Å². The zero-order chi connectivity index (χ0) is 13.3. The first-order valence-corrected chi connectivity index (χ1v) is 5.66. The number of halogens is 5. The molecule has 0 spiro atoms. The summed E-state index contributed by atoms with van der Waals surface area (Å²) < 4.78 is 53.4. The fourth-order valence-corrected chi connectivity index (χ4v) is 1.84. The maximum Gasteiger partial charge on any atom is 0.573 e. The Hall–Kier alpha value is -1.01. The van der Waals surface area contributed by atoms with Crippen molar-refractivity contribution in [3.05, 3.63) is 29.6 Å². The van der Waals surface area contributed by atoms with E-state index in [0.717, 1.165) is 31.0 Å². The van der Waals surface area contributed by atoms with E-state index >= 15 is 0 Å². The number of nitrogens with two attached hydrogens (primary N) is 1. The molecule has 0 aromatic heterocycles. The predicted molar refractivity (Wildman–Crippen MR) is 64.6 cm³/mol. The zero-order valence-electron chi connectivity index (χ0n) is 9.91. The van der Waals surface area contributed by atoms with Gasteiger partial charge in [0.2, 0.25) is 0 Å². The highest BCUT2D eigenvalue weighted by Crippen LogP contribution is 2.38. The number of hydrogen-bond donors (Lipinski definition) is 1. The van der Waals surface area contributed by atoms with Gasteiger partial charge in [-0.05, 0) is 30.5 Å². The van der Waals surface area contributed by atoms with Crippen molar-refractivity contribution >= 4 is 12.4 Å². The standard InChI is InChI=1S/C12H13F4NO.ClH/c13-10-4-3-8(18-12(14,15)16)6-9(10)11(17)5-7-1-2-7;/h3-4,6-7,11H,1-2,5,17H2;1H/t11-;/m0./s1. The van der Waals surface area contributed by atoms with Crippen molar-refractivity contribution in [3.8, 4) is 5.75 Å². The van der Waals surface area contributed by atoms with Crippen molar-refractivity contribution in [2.24, 2.45) is 11.7 Å². The number of alkyl halides is 3. The second kappa shape index (κ2) is 5.96. The molecule has 0 unspecified atom stereocenters. The summed E-state index contributed by atoms with van der Waals surface area (Å²) in [5, 5.41) is 0. The van der Waals surface area contributed by atoms with Gasteiger partial charge in [0.25, 0.3) is 0 Å². The van der Waals surface area contributed by atoms with Crippen LogP contribution in [0.15, 0.2) is 18.2 Å². The number of hydrogen-bond acceptors (Lipinski definition) is 2. The van der Waals surface area contributed by atoms with E-state index in [9.17, 15) is 17.6 Å². The first-order valence-electron chi connectivity index (χ1n) is 5.66. The summed E-state index contributed by atoms with van der Waals surface area (Å²) in [4.78, 5) is 0. The van der Waals surface area contributed by atoms with E-state index in [-0.39, 0.29) is 18.0 Å². The van der Waals surface area contributed by atoms with Gasteiger partial charge in [0.05, 0.1) is 0 Å². The molecular formula is C12H14ClF4NO.